The lowest BCUT2D eigenvalue weighted by molar-refractivity contribution is -0.139. The number of aromatic nitrogens is 1. The van der Waals surface area contributed by atoms with Crippen molar-refractivity contribution in [2.45, 2.75) is 46.3 Å². The summed E-state index contributed by atoms with van der Waals surface area (Å²) in [6.07, 6.45) is 1.79. The third kappa shape index (κ3) is 6.48. The number of nitrogens with zero attached hydrogens (tertiary/aromatic N) is 2. The summed E-state index contributed by atoms with van der Waals surface area (Å²) in [5.74, 6) is 0.884. The molecule has 1 aliphatic heterocycles. The van der Waals surface area contributed by atoms with E-state index in [1.54, 1.807) is 55.9 Å². The number of carbonyl (C=O) groups is 1. The lowest BCUT2D eigenvalue weighted by Gasteiger charge is -2.25. The number of allylic oxidation sites excluding steroid dienone is 1. The molecule has 5 rings (SSSR count). The molecule has 7 nitrogen and oxygen atoms in total. The topological polar surface area (TPSA) is 79.1 Å². The number of fused-ring (bicyclic) bond motifs is 1. The van der Waals surface area contributed by atoms with E-state index in [1.165, 1.54) is 11.3 Å². The molecule has 0 unspecified atom stereocenters. The summed E-state index contributed by atoms with van der Waals surface area (Å²) in [5.41, 5.74) is 4.13. The lowest BCUT2D eigenvalue weighted by atomic mass is 9.93. The van der Waals surface area contributed by atoms with E-state index in [0.29, 0.717) is 48.1 Å². The van der Waals surface area contributed by atoms with Gasteiger partial charge < -0.3 is 14.2 Å². The summed E-state index contributed by atoms with van der Waals surface area (Å²) < 4.78 is 19.0. The molecule has 0 radical (unpaired) electrons. The first-order chi connectivity index (χ1) is 21.1. The van der Waals surface area contributed by atoms with Crippen molar-refractivity contribution in [2.24, 2.45) is 4.99 Å². The standard InChI is InChI=1S/C34H32Cl2N2O5S/c1-6-42-33(40)30-20(4)37-34-38(31(30)23-10-8-22(9-11-23)19(2)3)32(39)29(44-34)16-21-7-14-27(28(15-21)41-5)43-18-24-12-13-25(35)17-26(24)36/h7-17,19,31H,6,18H2,1-5H3/b29-16-/t31-/m0/s1. The molecule has 0 aliphatic carbocycles. The van der Waals surface area contributed by atoms with Gasteiger partial charge in [-0.15, -0.1) is 0 Å². The van der Waals surface area contributed by atoms with Crippen LogP contribution in [-0.2, 0) is 16.1 Å². The SMILES string of the molecule is CCOC(=O)C1=C(C)N=c2s/c(=C\c3ccc(OCc4ccc(Cl)cc4Cl)c(OC)c3)c(=O)n2[C@H]1c1ccc(C(C)C)cc1. The van der Waals surface area contributed by atoms with Crippen molar-refractivity contribution in [1.29, 1.82) is 0 Å². The molecule has 0 saturated heterocycles. The fraction of sp³-hybridized carbons (Fsp3) is 0.265. The lowest BCUT2D eigenvalue weighted by Crippen LogP contribution is -2.39. The van der Waals surface area contributed by atoms with Crippen molar-refractivity contribution < 1.29 is 19.0 Å². The van der Waals surface area contributed by atoms with E-state index in [-0.39, 0.29) is 18.8 Å². The molecule has 2 heterocycles. The highest BCUT2D eigenvalue weighted by Crippen LogP contribution is 2.33. The molecule has 1 atom stereocenters. The van der Waals surface area contributed by atoms with Crippen molar-refractivity contribution in [2.75, 3.05) is 13.7 Å². The van der Waals surface area contributed by atoms with Gasteiger partial charge in [0.1, 0.15) is 6.61 Å². The molecular formula is C34H32Cl2N2O5S. The largest absolute Gasteiger partial charge is 0.493 e. The molecule has 4 aromatic rings. The zero-order valence-electron chi connectivity index (χ0n) is 25.0. The molecule has 0 N–H and O–H groups in total. The zero-order chi connectivity index (χ0) is 31.5. The normalized spacial score (nSPS) is 14.8. The van der Waals surface area contributed by atoms with Crippen LogP contribution in [0.2, 0.25) is 10.0 Å². The highest BCUT2D eigenvalue weighted by molar-refractivity contribution is 7.07. The number of rotatable bonds is 9. The van der Waals surface area contributed by atoms with Gasteiger partial charge in [-0.3, -0.25) is 9.36 Å². The number of carbonyl (C=O) groups excluding carboxylic acids is 1. The van der Waals surface area contributed by atoms with Crippen LogP contribution in [0.3, 0.4) is 0 Å². The van der Waals surface area contributed by atoms with Crippen LogP contribution in [0.1, 0.15) is 61.9 Å². The number of halogens is 2. The number of ether oxygens (including phenoxy) is 3. The minimum absolute atomic E-state index is 0.216. The van der Waals surface area contributed by atoms with Gasteiger partial charge in [0.2, 0.25) is 0 Å². The Bertz CT molecular complexity index is 1930. The van der Waals surface area contributed by atoms with Gasteiger partial charge in [-0.1, -0.05) is 84.8 Å². The Labute approximate surface area is 269 Å². The van der Waals surface area contributed by atoms with E-state index < -0.39 is 12.0 Å². The molecule has 0 saturated carbocycles. The maximum Gasteiger partial charge on any atom is 0.338 e. The van der Waals surface area contributed by atoms with Crippen LogP contribution in [0.4, 0.5) is 0 Å². The highest BCUT2D eigenvalue weighted by Gasteiger charge is 2.33. The number of hydrogen-bond acceptors (Lipinski definition) is 7. The van der Waals surface area contributed by atoms with E-state index >= 15 is 0 Å². The Morgan fingerprint density at radius 2 is 1.82 bits per heavy atom. The molecule has 0 fully saturated rings. The predicted octanol–water partition coefficient (Wildman–Crippen LogP) is 6.82. The Morgan fingerprint density at radius 1 is 1.07 bits per heavy atom. The van der Waals surface area contributed by atoms with Crippen molar-refractivity contribution in [1.82, 2.24) is 4.57 Å². The molecule has 44 heavy (non-hydrogen) atoms. The Morgan fingerprint density at radius 3 is 2.48 bits per heavy atom. The molecule has 228 valence electrons. The summed E-state index contributed by atoms with van der Waals surface area (Å²) in [7, 11) is 1.55. The van der Waals surface area contributed by atoms with Crippen LogP contribution in [0, 0.1) is 0 Å². The average Bonchev–Trinajstić information content (AvgIpc) is 3.30. The van der Waals surface area contributed by atoms with Gasteiger partial charge in [-0.2, -0.15) is 0 Å². The maximum atomic E-state index is 14.0. The van der Waals surface area contributed by atoms with Gasteiger partial charge in [0.25, 0.3) is 5.56 Å². The first-order valence-electron chi connectivity index (χ1n) is 14.2. The van der Waals surface area contributed by atoms with Crippen molar-refractivity contribution in [3.8, 4) is 11.5 Å². The van der Waals surface area contributed by atoms with Crippen LogP contribution in [0.5, 0.6) is 11.5 Å². The van der Waals surface area contributed by atoms with Crippen LogP contribution < -0.4 is 24.4 Å². The predicted molar refractivity (Wildman–Crippen MR) is 175 cm³/mol. The third-order valence-electron chi connectivity index (χ3n) is 7.32. The maximum absolute atomic E-state index is 14.0. The Balaban J connectivity index is 1.53. The number of hydrogen-bond donors (Lipinski definition) is 0. The molecule has 0 amide bonds. The minimum Gasteiger partial charge on any atom is -0.493 e. The van der Waals surface area contributed by atoms with Crippen molar-refractivity contribution in [3.05, 3.63) is 124 Å². The van der Waals surface area contributed by atoms with E-state index in [0.717, 1.165) is 22.3 Å². The first-order valence-corrected chi connectivity index (χ1v) is 15.7. The van der Waals surface area contributed by atoms with Gasteiger partial charge in [0.15, 0.2) is 16.3 Å². The molecule has 10 heteroatoms. The smallest absolute Gasteiger partial charge is 0.338 e. The van der Waals surface area contributed by atoms with E-state index in [9.17, 15) is 9.59 Å². The van der Waals surface area contributed by atoms with E-state index in [1.807, 2.05) is 36.4 Å². The van der Waals surface area contributed by atoms with Gasteiger partial charge in [0.05, 0.1) is 35.6 Å². The number of esters is 1. The molecule has 1 aliphatic rings. The molecule has 0 spiro atoms. The van der Waals surface area contributed by atoms with Gasteiger partial charge in [-0.25, -0.2) is 9.79 Å². The van der Waals surface area contributed by atoms with Crippen molar-refractivity contribution >= 4 is 46.6 Å². The quantitative estimate of drug-likeness (QED) is 0.186. The zero-order valence-corrected chi connectivity index (χ0v) is 27.3. The Hall–Kier alpha value is -3.85. The second-order valence-electron chi connectivity index (χ2n) is 10.6. The first kappa shape index (κ1) is 31.6. The fourth-order valence-corrected chi connectivity index (χ4v) is 6.52. The van der Waals surface area contributed by atoms with Crippen LogP contribution in [0.25, 0.3) is 6.08 Å². The summed E-state index contributed by atoms with van der Waals surface area (Å²) in [4.78, 5) is 32.3. The summed E-state index contributed by atoms with van der Waals surface area (Å²) in [6, 6.07) is 18.0. The van der Waals surface area contributed by atoms with Crippen LogP contribution in [-0.4, -0.2) is 24.3 Å². The van der Waals surface area contributed by atoms with Crippen LogP contribution >= 0.6 is 34.5 Å². The molecule has 1 aromatic heterocycles. The molecule has 3 aromatic carbocycles. The van der Waals surface area contributed by atoms with E-state index in [2.05, 4.69) is 18.8 Å². The number of thiazole rings is 1. The number of methoxy groups -OCH3 is 1. The van der Waals surface area contributed by atoms with Gasteiger partial charge in [0, 0.05) is 15.6 Å². The van der Waals surface area contributed by atoms with E-state index in [4.69, 9.17) is 37.4 Å². The Kier molecular flexibility index (Phi) is 9.63. The van der Waals surface area contributed by atoms with Crippen LogP contribution in [0.15, 0.2) is 81.7 Å². The van der Waals surface area contributed by atoms with Crippen molar-refractivity contribution in [3.63, 3.8) is 0 Å². The fourth-order valence-electron chi connectivity index (χ4n) is 5.01. The summed E-state index contributed by atoms with van der Waals surface area (Å²) >= 11 is 13.6. The molecular weight excluding hydrogens is 619 g/mol. The van der Waals surface area contributed by atoms with Gasteiger partial charge >= 0.3 is 5.97 Å². The third-order valence-corrected chi connectivity index (χ3v) is 8.89. The van der Waals surface area contributed by atoms with Gasteiger partial charge in [-0.05, 0) is 66.8 Å². The highest BCUT2D eigenvalue weighted by atomic mass is 35.5. The molecule has 0 bridgehead atoms. The summed E-state index contributed by atoms with van der Waals surface area (Å²) in [5, 5.41) is 1.06. The summed E-state index contributed by atoms with van der Waals surface area (Å²) in [6.45, 7) is 8.22. The number of benzene rings is 3. The second kappa shape index (κ2) is 13.4. The average molecular weight is 652 g/mol. The monoisotopic (exact) mass is 650 g/mol. The second-order valence-corrected chi connectivity index (χ2v) is 12.4. The minimum atomic E-state index is -0.668.